The normalized spacial score (nSPS) is 34.9. The Morgan fingerprint density at radius 1 is 1.20 bits per heavy atom. The highest BCUT2D eigenvalue weighted by Crippen LogP contribution is 2.38. The second-order valence-electron chi connectivity index (χ2n) is 5.47. The van der Waals surface area contributed by atoms with Crippen LogP contribution in [0.3, 0.4) is 0 Å². The lowest BCUT2D eigenvalue weighted by Gasteiger charge is -2.22. The first-order valence-corrected chi connectivity index (χ1v) is 6.71. The molecule has 0 aromatic heterocycles. The zero-order chi connectivity index (χ0) is 14.2. The molecule has 0 spiro atoms. The molecule has 0 N–H and O–H groups in total. The molecule has 0 amide bonds. The summed E-state index contributed by atoms with van der Waals surface area (Å²) in [6, 6.07) is 9.79. The van der Waals surface area contributed by atoms with Gasteiger partial charge < -0.3 is 23.7 Å². The maximum Gasteiger partial charge on any atom is 0.187 e. The molecule has 3 rings (SSSR count). The van der Waals surface area contributed by atoms with Gasteiger partial charge in [-0.3, -0.25) is 0 Å². The van der Waals surface area contributed by atoms with Gasteiger partial charge in [0, 0.05) is 0 Å². The number of aldehydes is 1. The number of carbonyl (C=O) groups excluding carboxylic acids is 1. The van der Waals surface area contributed by atoms with Gasteiger partial charge in [-0.05, 0) is 19.4 Å². The number of carbonyl (C=O) groups is 1. The number of fused-ring (bicyclic) bond motifs is 1. The van der Waals surface area contributed by atoms with Gasteiger partial charge in [-0.25, -0.2) is 0 Å². The first-order valence-electron chi connectivity index (χ1n) is 6.71. The molecule has 2 heterocycles. The molecule has 1 aromatic rings. The van der Waals surface area contributed by atoms with Crippen molar-refractivity contribution in [2.45, 2.75) is 50.8 Å². The lowest BCUT2D eigenvalue weighted by atomic mass is 10.1. The van der Waals surface area contributed by atoms with Crippen LogP contribution in [0.4, 0.5) is 0 Å². The lowest BCUT2D eigenvalue weighted by molar-refractivity contribution is -0.232. The minimum Gasteiger partial charge on any atom is -0.345 e. The molecule has 5 heteroatoms. The van der Waals surface area contributed by atoms with Crippen molar-refractivity contribution in [3.63, 3.8) is 0 Å². The second kappa shape index (κ2) is 5.26. The van der Waals surface area contributed by atoms with E-state index in [2.05, 4.69) is 0 Å². The number of rotatable bonds is 4. The highest BCUT2D eigenvalue weighted by molar-refractivity contribution is 5.58. The quantitative estimate of drug-likeness (QED) is 0.784. The summed E-state index contributed by atoms with van der Waals surface area (Å²) in [7, 11) is 0. The molecule has 4 unspecified atom stereocenters. The molecular weight excluding hydrogens is 260 g/mol. The van der Waals surface area contributed by atoms with E-state index in [-0.39, 0.29) is 6.10 Å². The number of hydrogen-bond acceptors (Lipinski definition) is 5. The fraction of sp³-hybridized carbons (Fsp3) is 0.533. The fourth-order valence-corrected chi connectivity index (χ4v) is 2.59. The van der Waals surface area contributed by atoms with Crippen LogP contribution >= 0.6 is 0 Å². The van der Waals surface area contributed by atoms with Crippen molar-refractivity contribution in [2.75, 3.05) is 0 Å². The molecule has 4 atom stereocenters. The topological polar surface area (TPSA) is 54.0 Å². The van der Waals surface area contributed by atoms with Gasteiger partial charge in [-0.2, -0.15) is 0 Å². The Morgan fingerprint density at radius 2 is 1.90 bits per heavy atom. The Hall–Kier alpha value is -1.27. The molecule has 2 aliphatic heterocycles. The largest absolute Gasteiger partial charge is 0.345 e. The summed E-state index contributed by atoms with van der Waals surface area (Å²) < 4.78 is 22.8. The van der Waals surface area contributed by atoms with Crippen LogP contribution in [0.1, 0.15) is 19.4 Å². The average molecular weight is 278 g/mol. The van der Waals surface area contributed by atoms with E-state index in [9.17, 15) is 4.79 Å². The molecule has 2 aliphatic rings. The average Bonchev–Trinajstić information content (AvgIpc) is 2.91. The smallest absolute Gasteiger partial charge is 0.187 e. The van der Waals surface area contributed by atoms with E-state index in [0.717, 1.165) is 11.8 Å². The van der Waals surface area contributed by atoms with Crippen LogP contribution in [0.5, 0.6) is 0 Å². The molecule has 0 bridgehead atoms. The standard InChI is InChI=1S/C15H18O5/c1-15(2)19-12-11(8-16)18-14(13(12)20-15)17-9-10-6-4-3-5-7-10/h3-8,11-14H,9H2,1-2H3. The van der Waals surface area contributed by atoms with Gasteiger partial charge in [0.25, 0.3) is 0 Å². The third kappa shape index (κ3) is 2.62. The summed E-state index contributed by atoms with van der Waals surface area (Å²) in [5.74, 6) is -0.714. The second-order valence-corrected chi connectivity index (χ2v) is 5.47. The van der Waals surface area contributed by atoms with Gasteiger partial charge in [0.2, 0.25) is 0 Å². The summed E-state index contributed by atoms with van der Waals surface area (Å²) in [4.78, 5) is 11.1. The molecule has 108 valence electrons. The highest BCUT2D eigenvalue weighted by atomic mass is 16.8. The highest BCUT2D eigenvalue weighted by Gasteiger charge is 2.55. The summed E-state index contributed by atoms with van der Waals surface area (Å²) in [5.41, 5.74) is 1.04. The summed E-state index contributed by atoms with van der Waals surface area (Å²) >= 11 is 0. The van der Waals surface area contributed by atoms with Crippen molar-refractivity contribution < 1.29 is 23.7 Å². The molecule has 0 saturated carbocycles. The van der Waals surface area contributed by atoms with Crippen molar-refractivity contribution >= 4 is 6.29 Å². The maximum atomic E-state index is 11.1. The van der Waals surface area contributed by atoms with E-state index in [1.165, 1.54) is 0 Å². The molecule has 2 fully saturated rings. The van der Waals surface area contributed by atoms with Crippen LogP contribution in [0.2, 0.25) is 0 Å². The van der Waals surface area contributed by atoms with E-state index in [4.69, 9.17) is 18.9 Å². The Balaban J connectivity index is 1.66. The van der Waals surface area contributed by atoms with Gasteiger partial charge in [0.05, 0.1) is 6.61 Å². The molecule has 0 radical (unpaired) electrons. The van der Waals surface area contributed by atoms with Crippen LogP contribution in [0, 0.1) is 0 Å². The van der Waals surface area contributed by atoms with Crippen LogP contribution in [-0.2, 0) is 30.3 Å². The van der Waals surface area contributed by atoms with E-state index >= 15 is 0 Å². The predicted molar refractivity (Wildman–Crippen MR) is 69.8 cm³/mol. The lowest BCUT2D eigenvalue weighted by Crippen LogP contribution is -2.31. The van der Waals surface area contributed by atoms with Crippen LogP contribution < -0.4 is 0 Å². The minimum atomic E-state index is -0.714. The van der Waals surface area contributed by atoms with E-state index in [1.807, 2.05) is 44.2 Å². The fourth-order valence-electron chi connectivity index (χ4n) is 2.59. The molecule has 20 heavy (non-hydrogen) atoms. The van der Waals surface area contributed by atoms with E-state index in [0.29, 0.717) is 6.61 Å². The van der Waals surface area contributed by atoms with Crippen molar-refractivity contribution in [3.05, 3.63) is 35.9 Å². The zero-order valence-electron chi connectivity index (χ0n) is 11.5. The number of hydrogen-bond donors (Lipinski definition) is 0. The van der Waals surface area contributed by atoms with Gasteiger partial charge >= 0.3 is 0 Å². The van der Waals surface area contributed by atoms with Gasteiger partial charge in [-0.15, -0.1) is 0 Å². The predicted octanol–water partition coefficient (Wildman–Crippen LogP) is 1.65. The molecule has 2 saturated heterocycles. The van der Waals surface area contributed by atoms with E-state index < -0.39 is 24.3 Å². The van der Waals surface area contributed by atoms with Gasteiger partial charge in [-0.1, -0.05) is 30.3 Å². The van der Waals surface area contributed by atoms with Crippen molar-refractivity contribution in [2.24, 2.45) is 0 Å². The summed E-state index contributed by atoms with van der Waals surface area (Å²) in [6.45, 7) is 4.05. The molecule has 0 aliphatic carbocycles. The summed E-state index contributed by atoms with van der Waals surface area (Å²) in [5, 5.41) is 0. The zero-order valence-corrected chi connectivity index (χ0v) is 11.5. The van der Waals surface area contributed by atoms with Gasteiger partial charge in [0.15, 0.2) is 18.4 Å². The van der Waals surface area contributed by atoms with E-state index in [1.54, 1.807) is 0 Å². The third-order valence-electron chi connectivity index (χ3n) is 3.44. The monoisotopic (exact) mass is 278 g/mol. The van der Waals surface area contributed by atoms with Crippen molar-refractivity contribution in [1.29, 1.82) is 0 Å². The maximum absolute atomic E-state index is 11.1. The Kier molecular flexibility index (Phi) is 3.60. The first kappa shape index (κ1) is 13.7. The van der Waals surface area contributed by atoms with Crippen LogP contribution in [0.15, 0.2) is 30.3 Å². The van der Waals surface area contributed by atoms with Crippen LogP contribution in [-0.4, -0.2) is 36.7 Å². The Morgan fingerprint density at radius 3 is 2.60 bits per heavy atom. The summed E-state index contributed by atoms with van der Waals surface area (Å²) in [6.07, 6.45) is -1.25. The first-order chi connectivity index (χ1) is 9.59. The Bertz CT molecular complexity index is 472. The van der Waals surface area contributed by atoms with Crippen LogP contribution in [0.25, 0.3) is 0 Å². The van der Waals surface area contributed by atoms with Gasteiger partial charge in [0.1, 0.15) is 18.3 Å². The SMILES string of the molecule is CC1(C)OC2C(C=O)OC(OCc3ccccc3)C2O1. The Labute approximate surface area is 117 Å². The molecule has 1 aromatic carbocycles. The number of benzene rings is 1. The molecule has 5 nitrogen and oxygen atoms in total. The number of ether oxygens (including phenoxy) is 4. The van der Waals surface area contributed by atoms with Crippen molar-refractivity contribution in [3.8, 4) is 0 Å². The molecular formula is C15H18O5. The minimum absolute atomic E-state index is 0.371. The third-order valence-corrected chi connectivity index (χ3v) is 3.44. The van der Waals surface area contributed by atoms with Crippen molar-refractivity contribution in [1.82, 2.24) is 0 Å².